The Morgan fingerprint density at radius 1 is 1.54 bits per heavy atom. The number of hydrogen-bond acceptors (Lipinski definition) is 3. The second kappa shape index (κ2) is 3.64. The largest absolute Gasteiger partial charge is 0.319 e. The third-order valence-corrected chi connectivity index (χ3v) is 2.20. The van der Waals surface area contributed by atoms with Crippen LogP contribution in [0.2, 0.25) is 0 Å². The molecule has 0 bridgehead atoms. The number of rotatable bonds is 1. The molecule has 0 saturated carbocycles. The van der Waals surface area contributed by atoms with Crippen LogP contribution in [0.1, 0.15) is 27.2 Å². The van der Waals surface area contributed by atoms with Crippen LogP contribution < -0.4 is 5.73 Å². The van der Waals surface area contributed by atoms with E-state index in [1.54, 1.807) is 0 Å². The predicted molar refractivity (Wildman–Crippen MR) is 49.7 cm³/mol. The average molecular weight is 186 g/mol. The second-order valence-electron chi connectivity index (χ2n) is 4.47. The Hall–Kier alpha value is -0.610. The highest BCUT2D eigenvalue weighted by molar-refractivity contribution is 5.81. The first-order valence-corrected chi connectivity index (χ1v) is 4.63. The zero-order valence-electron chi connectivity index (χ0n) is 8.54. The number of carbonyl (C=O) groups excluding carboxylic acids is 1. The van der Waals surface area contributed by atoms with E-state index in [1.807, 2.05) is 20.8 Å². The topological polar surface area (TPSA) is 55.6 Å². The van der Waals surface area contributed by atoms with Crippen molar-refractivity contribution in [2.24, 2.45) is 11.1 Å². The highest BCUT2D eigenvalue weighted by Crippen LogP contribution is 2.20. The smallest absolute Gasteiger partial charge is 0.263 e. The van der Waals surface area contributed by atoms with E-state index >= 15 is 0 Å². The van der Waals surface area contributed by atoms with Gasteiger partial charge < -0.3 is 5.73 Å². The van der Waals surface area contributed by atoms with Gasteiger partial charge in [-0.05, 0) is 11.8 Å². The van der Waals surface area contributed by atoms with Gasteiger partial charge in [-0.25, -0.2) is 5.06 Å². The van der Waals surface area contributed by atoms with Crippen LogP contribution in [-0.2, 0) is 9.63 Å². The Labute approximate surface area is 79.0 Å². The molecule has 1 amide bonds. The van der Waals surface area contributed by atoms with Gasteiger partial charge in [-0.2, -0.15) is 0 Å². The van der Waals surface area contributed by atoms with Gasteiger partial charge in [0, 0.05) is 0 Å². The monoisotopic (exact) mass is 186 g/mol. The minimum atomic E-state index is -0.481. The fourth-order valence-corrected chi connectivity index (χ4v) is 1.15. The van der Waals surface area contributed by atoms with Crippen molar-refractivity contribution in [3.63, 3.8) is 0 Å². The third kappa shape index (κ3) is 2.42. The molecule has 13 heavy (non-hydrogen) atoms. The van der Waals surface area contributed by atoms with Gasteiger partial charge in [0.15, 0.2) is 0 Å². The molecule has 2 N–H and O–H groups in total. The Balaban J connectivity index is 2.56. The summed E-state index contributed by atoms with van der Waals surface area (Å²) in [4.78, 5) is 16.8. The summed E-state index contributed by atoms with van der Waals surface area (Å²) in [6.45, 7) is 7.15. The summed E-state index contributed by atoms with van der Waals surface area (Å²) in [7, 11) is 0. The molecule has 0 aromatic rings. The molecular weight excluding hydrogens is 168 g/mol. The van der Waals surface area contributed by atoms with Crippen LogP contribution >= 0.6 is 0 Å². The lowest BCUT2D eigenvalue weighted by molar-refractivity contribution is -0.172. The lowest BCUT2D eigenvalue weighted by Crippen LogP contribution is -2.49. The highest BCUT2D eigenvalue weighted by Gasteiger charge is 2.32. The standard InChI is InChI=1S/C9H18N2O2/c1-9(2,3)7(10)8(12)11-5-4-6-13-11/h7H,4-6,10H2,1-3H3/t7-/m1/s1. The third-order valence-electron chi connectivity index (χ3n) is 2.20. The van der Waals surface area contributed by atoms with E-state index in [4.69, 9.17) is 10.6 Å². The summed E-state index contributed by atoms with van der Waals surface area (Å²) in [5, 5.41) is 1.38. The molecule has 0 aromatic carbocycles. The Morgan fingerprint density at radius 3 is 2.54 bits per heavy atom. The van der Waals surface area contributed by atoms with Crippen LogP contribution in [0.15, 0.2) is 0 Å². The lowest BCUT2D eigenvalue weighted by atomic mass is 9.87. The normalized spacial score (nSPS) is 20.5. The maximum atomic E-state index is 11.7. The number of hydrogen-bond donors (Lipinski definition) is 1. The molecule has 0 radical (unpaired) electrons. The molecule has 1 saturated heterocycles. The molecule has 1 rings (SSSR count). The molecule has 1 aliphatic heterocycles. The Morgan fingerprint density at radius 2 is 2.15 bits per heavy atom. The predicted octanol–water partition coefficient (Wildman–Crippen LogP) is 0.524. The highest BCUT2D eigenvalue weighted by atomic mass is 16.7. The summed E-state index contributed by atoms with van der Waals surface area (Å²) in [6.07, 6.45) is 0.905. The Bertz CT molecular complexity index is 192. The van der Waals surface area contributed by atoms with Crippen molar-refractivity contribution in [1.29, 1.82) is 0 Å². The molecule has 0 unspecified atom stereocenters. The van der Waals surface area contributed by atoms with Crippen LogP contribution in [0, 0.1) is 5.41 Å². The van der Waals surface area contributed by atoms with Gasteiger partial charge in [0.1, 0.15) is 0 Å². The summed E-state index contributed by atoms with van der Waals surface area (Å²) in [5.41, 5.74) is 5.60. The zero-order chi connectivity index (χ0) is 10.1. The van der Waals surface area contributed by atoms with Gasteiger partial charge in [-0.15, -0.1) is 0 Å². The fourth-order valence-electron chi connectivity index (χ4n) is 1.15. The number of nitrogens with two attached hydrogens (primary N) is 1. The van der Waals surface area contributed by atoms with Gasteiger partial charge in [-0.1, -0.05) is 20.8 Å². The van der Waals surface area contributed by atoms with Gasteiger partial charge in [-0.3, -0.25) is 9.63 Å². The van der Waals surface area contributed by atoms with E-state index in [1.165, 1.54) is 5.06 Å². The van der Waals surface area contributed by atoms with Crippen molar-refractivity contribution in [2.45, 2.75) is 33.2 Å². The van der Waals surface area contributed by atoms with Crippen LogP contribution in [0.25, 0.3) is 0 Å². The van der Waals surface area contributed by atoms with Crippen molar-refractivity contribution < 1.29 is 9.63 Å². The fraction of sp³-hybridized carbons (Fsp3) is 0.889. The maximum Gasteiger partial charge on any atom is 0.263 e. The van der Waals surface area contributed by atoms with Crippen molar-refractivity contribution >= 4 is 5.91 Å². The number of nitrogens with zero attached hydrogens (tertiary/aromatic N) is 1. The summed E-state index contributed by atoms with van der Waals surface area (Å²) in [5.74, 6) is -0.106. The molecule has 1 atom stereocenters. The van der Waals surface area contributed by atoms with Crippen molar-refractivity contribution in [3.05, 3.63) is 0 Å². The van der Waals surface area contributed by atoms with E-state index in [0.29, 0.717) is 13.2 Å². The molecular formula is C9H18N2O2. The SMILES string of the molecule is CC(C)(C)[C@H](N)C(=O)N1CCCO1. The lowest BCUT2D eigenvalue weighted by Gasteiger charge is -2.28. The van der Waals surface area contributed by atoms with Gasteiger partial charge >= 0.3 is 0 Å². The average Bonchev–Trinajstić information content (AvgIpc) is 2.51. The molecule has 1 aliphatic rings. The molecule has 1 heterocycles. The van der Waals surface area contributed by atoms with Gasteiger partial charge in [0.25, 0.3) is 5.91 Å². The maximum absolute atomic E-state index is 11.7. The Kier molecular flexibility index (Phi) is 2.93. The molecule has 0 aliphatic carbocycles. The molecule has 4 heteroatoms. The van der Waals surface area contributed by atoms with E-state index < -0.39 is 6.04 Å². The molecule has 76 valence electrons. The van der Waals surface area contributed by atoms with Crippen LogP contribution in [0.4, 0.5) is 0 Å². The first kappa shape index (κ1) is 10.5. The first-order valence-electron chi connectivity index (χ1n) is 4.63. The second-order valence-corrected chi connectivity index (χ2v) is 4.47. The quantitative estimate of drug-likeness (QED) is 0.649. The van der Waals surface area contributed by atoms with E-state index in [2.05, 4.69) is 0 Å². The molecule has 0 aromatic heterocycles. The number of hydroxylamine groups is 2. The van der Waals surface area contributed by atoms with Gasteiger partial charge in [0.2, 0.25) is 0 Å². The molecule has 1 fully saturated rings. The summed E-state index contributed by atoms with van der Waals surface area (Å²) in [6, 6.07) is -0.481. The van der Waals surface area contributed by atoms with E-state index in [0.717, 1.165) is 6.42 Å². The van der Waals surface area contributed by atoms with Crippen LogP contribution in [0.3, 0.4) is 0 Å². The summed E-state index contributed by atoms with van der Waals surface area (Å²) >= 11 is 0. The zero-order valence-corrected chi connectivity index (χ0v) is 8.54. The number of amides is 1. The van der Waals surface area contributed by atoms with E-state index in [-0.39, 0.29) is 11.3 Å². The van der Waals surface area contributed by atoms with Crippen LogP contribution in [-0.4, -0.2) is 30.2 Å². The first-order chi connectivity index (χ1) is 5.93. The minimum absolute atomic E-state index is 0.106. The number of carbonyl (C=O) groups is 1. The van der Waals surface area contributed by atoms with Crippen molar-refractivity contribution in [1.82, 2.24) is 5.06 Å². The molecule has 0 spiro atoms. The minimum Gasteiger partial charge on any atom is -0.319 e. The summed E-state index contributed by atoms with van der Waals surface area (Å²) < 4.78 is 0. The van der Waals surface area contributed by atoms with Crippen molar-refractivity contribution in [2.75, 3.05) is 13.2 Å². The van der Waals surface area contributed by atoms with Crippen LogP contribution in [0.5, 0.6) is 0 Å². The van der Waals surface area contributed by atoms with Gasteiger partial charge in [0.05, 0.1) is 19.2 Å². The molecule has 4 nitrogen and oxygen atoms in total. The van der Waals surface area contributed by atoms with Crippen molar-refractivity contribution in [3.8, 4) is 0 Å². The van der Waals surface area contributed by atoms with E-state index in [9.17, 15) is 4.79 Å².